The molecule has 5 rings (SSSR count). The number of benzene rings is 3. The Morgan fingerprint density at radius 1 is 1.00 bits per heavy atom. The highest BCUT2D eigenvalue weighted by Crippen LogP contribution is 2.33. The van der Waals surface area contributed by atoms with Crippen LogP contribution in [0.5, 0.6) is 17.2 Å². The van der Waals surface area contributed by atoms with Crippen LogP contribution in [-0.2, 0) is 6.42 Å². The van der Waals surface area contributed by atoms with Crippen molar-refractivity contribution in [3.63, 3.8) is 0 Å². The fraction of sp³-hybridized carbons (Fsp3) is 0.125. The highest BCUT2D eigenvalue weighted by Gasteiger charge is 2.16. The molecular formula is C24H19FN4O5. The van der Waals surface area contributed by atoms with Gasteiger partial charge in [-0.1, -0.05) is 12.1 Å². The van der Waals surface area contributed by atoms with Gasteiger partial charge in [0.25, 0.3) is 0 Å². The first-order valence-electron chi connectivity index (χ1n) is 10.3. The average molecular weight is 462 g/mol. The van der Waals surface area contributed by atoms with Gasteiger partial charge in [0.1, 0.15) is 0 Å². The van der Waals surface area contributed by atoms with Crippen LogP contribution in [0.1, 0.15) is 11.5 Å². The molecule has 4 aromatic rings. The fourth-order valence-electron chi connectivity index (χ4n) is 3.43. The maximum atomic E-state index is 13.8. The average Bonchev–Trinajstić information content (AvgIpc) is 3.49. The van der Waals surface area contributed by atoms with Gasteiger partial charge in [-0.05, 0) is 48.0 Å². The number of nitrogens with one attached hydrogen (secondary N) is 2. The summed E-state index contributed by atoms with van der Waals surface area (Å²) < 4.78 is 35.2. The van der Waals surface area contributed by atoms with E-state index in [1.165, 1.54) is 25.3 Å². The second-order valence-corrected chi connectivity index (χ2v) is 7.37. The minimum absolute atomic E-state index is 0.0936. The van der Waals surface area contributed by atoms with Crippen LogP contribution >= 0.6 is 0 Å². The van der Waals surface area contributed by atoms with E-state index >= 15 is 0 Å². The predicted octanol–water partition coefficient (Wildman–Crippen LogP) is 4.85. The molecule has 0 radical (unpaired) electrons. The molecule has 0 saturated carbocycles. The molecule has 0 bridgehead atoms. The van der Waals surface area contributed by atoms with Gasteiger partial charge in [-0.2, -0.15) is 0 Å². The molecule has 1 aliphatic rings. The second kappa shape index (κ2) is 9.10. The van der Waals surface area contributed by atoms with Crippen molar-refractivity contribution in [1.29, 1.82) is 0 Å². The topological polar surface area (TPSA) is 108 Å². The molecule has 2 amide bonds. The molecule has 10 heteroatoms. The number of amides is 2. The molecule has 34 heavy (non-hydrogen) atoms. The van der Waals surface area contributed by atoms with E-state index in [2.05, 4.69) is 20.8 Å². The SMILES string of the molecule is COc1ccc(NC(=O)Nc2cccc(-c3nnc(Cc4ccc5c(c4)OCO5)o3)c2)cc1F. The van der Waals surface area contributed by atoms with Crippen molar-refractivity contribution in [3.8, 4) is 28.7 Å². The maximum absolute atomic E-state index is 13.8. The van der Waals surface area contributed by atoms with Crippen LogP contribution in [0.4, 0.5) is 20.6 Å². The third-order valence-electron chi connectivity index (χ3n) is 5.04. The minimum Gasteiger partial charge on any atom is -0.494 e. The van der Waals surface area contributed by atoms with Gasteiger partial charge in [-0.3, -0.25) is 0 Å². The lowest BCUT2D eigenvalue weighted by Gasteiger charge is -2.09. The Morgan fingerprint density at radius 3 is 2.65 bits per heavy atom. The normalized spacial score (nSPS) is 11.8. The summed E-state index contributed by atoms with van der Waals surface area (Å²) in [7, 11) is 1.37. The van der Waals surface area contributed by atoms with Crippen LogP contribution in [0.2, 0.25) is 0 Å². The molecule has 0 aliphatic carbocycles. The quantitative estimate of drug-likeness (QED) is 0.422. The van der Waals surface area contributed by atoms with E-state index in [-0.39, 0.29) is 18.2 Å². The number of anilines is 2. The maximum Gasteiger partial charge on any atom is 0.323 e. The van der Waals surface area contributed by atoms with Gasteiger partial charge in [0, 0.05) is 23.0 Å². The molecule has 0 fully saturated rings. The summed E-state index contributed by atoms with van der Waals surface area (Å²) in [5.74, 6) is 1.67. The summed E-state index contributed by atoms with van der Waals surface area (Å²) in [6, 6.07) is 16.2. The number of methoxy groups -OCH3 is 1. The lowest BCUT2D eigenvalue weighted by molar-refractivity contribution is 0.174. The molecule has 1 aliphatic heterocycles. The Morgan fingerprint density at radius 2 is 1.82 bits per heavy atom. The summed E-state index contributed by atoms with van der Waals surface area (Å²) in [6.45, 7) is 0.211. The Bertz CT molecular complexity index is 1360. The van der Waals surface area contributed by atoms with E-state index in [1.54, 1.807) is 24.3 Å². The molecule has 2 N–H and O–H groups in total. The first-order valence-corrected chi connectivity index (χ1v) is 10.3. The molecule has 0 unspecified atom stereocenters. The molecule has 172 valence electrons. The van der Waals surface area contributed by atoms with Gasteiger partial charge in [0.15, 0.2) is 23.1 Å². The number of aromatic nitrogens is 2. The van der Waals surface area contributed by atoms with Gasteiger partial charge >= 0.3 is 6.03 Å². The fourth-order valence-corrected chi connectivity index (χ4v) is 3.43. The van der Waals surface area contributed by atoms with E-state index in [9.17, 15) is 9.18 Å². The third-order valence-corrected chi connectivity index (χ3v) is 5.04. The van der Waals surface area contributed by atoms with Gasteiger partial charge in [-0.25, -0.2) is 9.18 Å². The highest BCUT2D eigenvalue weighted by molar-refractivity contribution is 6.00. The van der Waals surface area contributed by atoms with Crippen LogP contribution in [0.3, 0.4) is 0 Å². The molecule has 0 atom stereocenters. The molecule has 3 aromatic carbocycles. The van der Waals surface area contributed by atoms with E-state index in [0.717, 1.165) is 5.56 Å². The number of nitrogens with zero attached hydrogens (tertiary/aromatic N) is 2. The highest BCUT2D eigenvalue weighted by atomic mass is 19.1. The number of fused-ring (bicyclic) bond motifs is 1. The van der Waals surface area contributed by atoms with Crippen molar-refractivity contribution in [2.75, 3.05) is 24.5 Å². The van der Waals surface area contributed by atoms with E-state index in [1.807, 2.05) is 18.2 Å². The Kier molecular flexibility index (Phi) is 5.69. The number of hydrogen-bond donors (Lipinski definition) is 2. The third kappa shape index (κ3) is 4.60. The van der Waals surface area contributed by atoms with Crippen LogP contribution in [0.15, 0.2) is 65.1 Å². The Balaban J connectivity index is 1.25. The van der Waals surface area contributed by atoms with Gasteiger partial charge in [-0.15, -0.1) is 10.2 Å². The van der Waals surface area contributed by atoms with Crippen molar-refractivity contribution in [2.24, 2.45) is 0 Å². The zero-order chi connectivity index (χ0) is 23.5. The first-order chi connectivity index (χ1) is 16.6. The van der Waals surface area contributed by atoms with Gasteiger partial charge in [0.05, 0.1) is 13.5 Å². The smallest absolute Gasteiger partial charge is 0.323 e. The van der Waals surface area contributed by atoms with Crippen molar-refractivity contribution < 1.29 is 27.8 Å². The summed E-state index contributed by atoms with van der Waals surface area (Å²) in [5.41, 5.74) is 2.37. The van der Waals surface area contributed by atoms with Crippen LogP contribution in [-0.4, -0.2) is 30.1 Å². The Labute approximate surface area is 193 Å². The molecule has 0 spiro atoms. The number of carbonyl (C=O) groups excluding carboxylic acids is 1. The lowest BCUT2D eigenvalue weighted by atomic mass is 10.1. The van der Waals surface area contributed by atoms with Crippen molar-refractivity contribution in [1.82, 2.24) is 10.2 Å². The van der Waals surface area contributed by atoms with E-state index in [4.69, 9.17) is 18.6 Å². The van der Waals surface area contributed by atoms with Crippen molar-refractivity contribution in [2.45, 2.75) is 6.42 Å². The lowest BCUT2D eigenvalue weighted by Crippen LogP contribution is -2.19. The summed E-state index contributed by atoms with van der Waals surface area (Å²) >= 11 is 0. The van der Waals surface area contributed by atoms with Crippen LogP contribution < -0.4 is 24.8 Å². The number of carbonyl (C=O) groups is 1. The Hall–Kier alpha value is -4.60. The van der Waals surface area contributed by atoms with Gasteiger partial charge < -0.3 is 29.3 Å². The zero-order valence-electron chi connectivity index (χ0n) is 18.0. The molecule has 2 heterocycles. The number of urea groups is 1. The molecule has 0 saturated heterocycles. The monoisotopic (exact) mass is 462 g/mol. The van der Waals surface area contributed by atoms with Gasteiger partial charge in [0.2, 0.25) is 18.6 Å². The number of ether oxygens (including phenoxy) is 3. The molecule has 1 aromatic heterocycles. The predicted molar refractivity (Wildman–Crippen MR) is 121 cm³/mol. The van der Waals surface area contributed by atoms with E-state index < -0.39 is 11.8 Å². The molecular weight excluding hydrogens is 443 g/mol. The van der Waals surface area contributed by atoms with Crippen LogP contribution in [0, 0.1) is 5.82 Å². The number of hydrogen-bond acceptors (Lipinski definition) is 7. The standard InChI is InChI=1S/C24H19FN4O5/c1-31-19-8-6-17(12-18(19)25)27-24(30)26-16-4-2-3-15(11-16)23-29-28-22(34-23)10-14-5-7-20-21(9-14)33-13-32-20/h2-9,11-12H,10,13H2,1H3,(H2,26,27,30). The second-order valence-electron chi connectivity index (χ2n) is 7.37. The minimum atomic E-state index is -0.574. The van der Waals surface area contributed by atoms with Crippen molar-refractivity contribution in [3.05, 3.63) is 77.9 Å². The first kappa shape index (κ1) is 21.3. The summed E-state index contributed by atoms with van der Waals surface area (Å²) in [5, 5.41) is 13.5. The summed E-state index contributed by atoms with van der Waals surface area (Å²) in [4.78, 5) is 12.3. The number of halogens is 1. The number of rotatable bonds is 6. The largest absolute Gasteiger partial charge is 0.494 e. The zero-order valence-corrected chi connectivity index (χ0v) is 18.0. The van der Waals surface area contributed by atoms with Crippen LogP contribution in [0.25, 0.3) is 11.5 Å². The van der Waals surface area contributed by atoms with Crippen molar-refractivity contribution >= 4 is 17.4 Å². The van der Waals surface area contributed by atoms with E-state index in [0.29, 0.717) is 41.0 Å². The molecule has 9 nitrogen and oxygen atoms in total. The summed E-state index contributed by atoms with van der Waals surface area (Å²) in [6.07, 6.45) is 0.433.